The van der Waals surface area contributed by atoms with Crippen LogP contribution in [0.15, 0.2) is 158 Å². The minimum absolute atomic E-state index is 0.00529. The van der Waals surface area contributed by atoms with Gasteiger partial charge in [-0.15, -0.1) is 0 Å². The first kappa shape index (κ1) is 71.1. The molecule has 6 rings (SSSR count). The number of alkyl halides is 6. The monoisotopic (exact) mass is 1260 g/mol. The van der Waals surface area contributed by atoms with Gasteiger partial charge in [0, 0.05) is 54.1 Å². The van der Waals surface area contributed by atoms with Gasteiger partial charge in [-0.05, 0) is 104 Å². The van der Waals surface area contributed by atoms with Crippen LogP contribution in [0.2, 0.25) is 19.6 Å². The Bertz CT molecular complexity index is 3270. The van der Waals surface area contributed by atoms with E-state index in [1.54, 1.807) is 73.8 Å². The second-order valence-corrected chi connectivity index (χ2v) is 28.4. The maximum Gasteiger partial charge on any atom is 0.417 e. The maximum absolute atomic E-state index is 14.2. The first-order chi connectivity index (χ1) is 39.3. The predicted molar refractivity (Wildman–Crippen MR) is 304 cm³/mol. The van der Waals surface area contributed by atoms with E-state index in [1.807, 2.05) is 19.9 Å². The van der Waals surface area contributed by atoms with Crippen molar-refractivity contribution in [2.75, 3.05) is 18.6 Å². The van der Waals surface area contributed by atoms with E-state index in [-0.39, 0.29) is 49.3 Å². The molecular formula is C56H65ClF8N6O10S2Si. The predicted octanol–water partition coefficient (Wildman–Crippen LogP) is 11.7. The summed E-state index contributed by atoms with van der Waals surface area (Å²) in [4.78, 5) is 31.2. The molecule has 0 saturated heterocycles. The van der Waals surface area contributed by atoms with E-state index in [0.29, 0.717) is 23.3 Å². The summed E-state index contributed by atoms with van der Waals surface area (Å²) in [6, 6.07) is 29.2. The minimum atomic E-state index is -4.63. The van der Waals surface area contributed by atoms with Crippen molar-refractivity contribution in [1.29, 1.82) is 0 Å². The third-order valence-corrected chi connectivity index (χ3v) is 14.1. The number of nitrogens with zero attached hydrogens (tertiary/aromatic N) is 2. The number of sulfonamides is 1. The van der Waals surface area contributed by atoms with Gasteiger partial charge in [0.1, 0.15) is 24.8 Å². The molecule has 0 saturated carbocycles. The Morgan fingerprint density at radius 1 is 0.619 bits per heavy atom. The molecule has 0 aliphatic rings. The van der Waals surface area contributed by atoms with Crippen LogP contribution in [0.4, 0.5) is 44.7 Å². The summed E-state index contributed by atoms with van der Waals surface area (Å²) in [5, 5.41) is 4.87. The SMILES string of the molecule is COC(O[Si](C)(C)C)=C(C)C.NCc1cncc(C(F)(F)F)c1.O=C(N[C@H](Cc1ccccc1F)CS(=O)(=O)Cl)OCc1ccccc1.O=C(N[C@H](Cc1ccccc1F)CS(=O)(=O)NCc1cncc(C(F)(F)F)c1)OCc1ccccc1. The van der Waals surface area contributed by atoms with Gasteiger partial charge in [0.15, 0.2) is 0 Å². The fraction of sp³-hybridized carbons (Fsp3) is 0.321. The normalized spacial score (nSPS) is 12.2. The van der Waals surface area contributed by atoms with Crippen molar-refractivity contribution in [2.45, 2.75) is 97.1 Å². The standard InChI is InChI=1S/C24H23F4N3O4S.C17H17ClFNO4S.C8H18O2Si.C7H7F3N2/c25-22-9-5-4-8-19(22)11-21(31-23(32)35-15-17-6-2-1-3-7-17)16-36(33,34)30-13-18-10-20(14-29-12-18)24(26,27)28;18-25(22,23)12-15(10-14-8-4-5-9-16(14)19)20-17(21)24-11-13-6-2-1-3-7-13;1-7(2)8(9-3)10-11(4,5)6;8-7(9,10)6-1-5(2-11)3-12-4-6/h1-10,12,14,21,30H,11,13,15-16H2,(H,31,32);1-9,15H,10-12H2,(H,20,21);1-6H3;1,3-4H,2,11H2/t21-;15-;;/m11../s1. The number of carbonyl (C=O) groups is 2. The van der Waals surface area contributed by atoms with Crippen LogP contribution in [0.1, 0.15) is 58.4 Å². The van der Waals surface area contributed by atoms with E-state index in [9.17, 15) is 61.5 Å². The number of alkyl carbamates (subject to hydrolysis) is 2. The molecule has 2 amide bonds. The lowest BCUT2D eigenvalue weighted by Crippen LogP contribution is -2.44. The van der Waals surface area contributed by atoms with Crippen molar-refractivity contribution in [3.05, 3.63) is 214 Å². The number of hydrogen-bond acceptors (Lipinski definition) is 13. The van der Waals surface area contributed by atoms with Crippen LogP contribution < -0.4 is 21.1 Å². The number of carbonyl (C=O) groups excluding carboxylic acids is 2. The molecule has 0 aliphatic carbocycles. The van der Waals surface area contributed by atoms with Crippen molar-refractivity contribution in [1.82, 2.24) is 25.3 Å². The molecule has 0 spiro atoms. The molecular weight excluding hydrogens is 1200 g/mol. The number of nitrogens with two attached hydrogens (primary N) is 1. The fourth-order valence-electron chi connectivity index (χ4n) is 6.90. The number of rotatable bonds is 21. The second kappa shape index (κ2) is 34.0. The number of amides is 2. The quantitative estimate of drug-likeness (QED) is 0.0228. The molecule has 0 unspecified atom stereocenters. The highest BCUT2D eigenvalue weighted by atomic mass is 35.7. The number of aromatic nitrogens is 2. The molecule has 0 aliphatic heterocycles. The molecule has 2 atom stereocenters. The number of benzene rings is 4. The molecule has 84 heavy (non-hydrogen) atoms. The van der Waals surface area contributed by atoms with Gasteiger partial charge in [-0.2, -0.15) is 26.3 Å². The summed E-state index contributed by atoms with van der Waals surface area (Å²) in [7, 11) is -2.58. The maximum atomic E-state index is 14.2. The first-order valence-corrected chi connectivity index (χ1v) is 32.7. The molecule has 6 aromatic rings. The zero-order valence-corrected chi connectivity index (χ0v) is 49.8. The van der Waals surface area contributed by atoms with Gasteiger partial charge >= 0.3 is 24.5 Å². The topological polar surface area (TPSA) is 227 Å². The molecule has 0 radical (unpaired) electrons. The summed E-state index contributed by atoms with van der Waals surface area (Å²) in [6.45, 7) is 9.96. The van der Waals surface area contributed by atoms with Crippen molar-refractivity contribution in [3.8, 4) is 0 Å². The molecule has 0 fully saturated rings. The molecule has 4 aromatic carbocycles. The zero-order valence-electron chi connectivity index (χ0n) is 46.4. The first-order valence-electron chi connectivity index (χ1n) is 25.2. The molecule has 5 N–H and O–H groups in total. The van der Waals surface area contributed by atoms with Crippen LogP contribution in [0.25, 0.3) is 0 Å². The van der Waals surface area contributed by atoms with Crippen LogP contribution >= 0.6 is 10.7 Å². The highest BCUT2D eigenvalue weighted by Gasteiger charge is 2.32. The van der Waals surface area contributed by atoms with E-state index < -0.39 is 105 Å². The Balaban J connectivity index is 0.000000330. The molecule has 458 valence electrons. The third kappa shape index (κ3) is 29.4. The van der Waals surface area contributed by atoms with Gasteiger partial charge in [0.2, 0.25) is 27.4 Å². The Hall–Kier alpha value is -7.17. The number of pyridine rings is 2. The number of nitrogens with one attached hydrogen (secondary N) is 3. The third-order valence-electron chi connectivity index (χ3n) is 10.7. The Kier molecular flexibility index (Phi) is 28.7. The van der Waals surface area contributed by atoms with Crippen molar-refractivity contribution in [3.63, 3.8) is 0 Å². The zero-order chi connectivity index (χ0) is 62.7. The average molecular weight is 1260 g/mol. The van der Waals surface area contributed by atoms with Crippen LogP contribution in [-0.4, -0.2) is 78.0 Å². The number of hydrogen-bond donors (Lipinski definition) is 4. The molecule has 0 bridgehead atoms. The highest BCUT2D eigenvalue weighted by Crippen LogP contribution is 2.30. The van der Waals surface area contributed by atoms with Crippen LogP contribution in [-0.2, 0) is 89.2 Å². The van der Waals surface area contributed by atoms with Crippen molar-refractivity contribution >= 4 is 50.3 Å². The van der Waals surface area contributed by atoms with Crippen LogP contribution in [0.5, 0.6) is 0 Å². The molecule has 2 aromatic heterocycles. The smallest absolute Gasteiger partial charge is 0.417 e. The minimum Gasteiger partial charge on any atom is -0.520 e. The lowest BCUT2D eigenvalue weighted by atomic mass is 10.1. The Morgan fingerprint density at radius 3 is 1.39 bits per heavy atom. The summed E-state index contributed by atoms with van der Waals surface area (Å²) in [5.74, 6) is -1.59. The second-order valence-electron chi connectivity index (χ2n) is 19.3. The van der Waals surface area contributed by atoms with Gasteiger partial charge in [-0.3, -0.25) is 9.97 Å². The van der Waals surface area contributed by atoms with Gasteiger partial charge in [0.25, 0.3) is 5.95 Å². The van der Waals surface area contributed by atoms with E-state index in [2.05, 4.69) is 45.0 Å². The van der Waals surface area contributed by atoms with Crippen molar-refractivity contribution < 1.29 is 80.2 Å². The Labute approximate surface area is 488 Å². The highest BCUT2D eigenvalue weighted by molar-refractivity contribution is 8.13. The molecule has 16 nitrogen and oxygen atoms in total. The van der Waals surface area contributed by atoms with Gasteiger partial charge in [-0.1, -0.05) is 97.1 Å². The number of ether oxygens (including phenoxy) is 3. The number of methoxy groups -OCH3 is 1. The van der Waals surface area contributed by atoms with Crippen LogP contribution in [0, 0.1) is 11.6 Å². The lowest BCUT2D eigenvalue weighted by Gasteiger charge is -2.21. The summed E-state index contributed by atoms with van der Waals surface area (Å²) in [6.07, 6.45) is -7.04. The molecule has 2 heterocycles. The molecule has 28 heteroatoms. The Morgan fingerprint density at radius 2 is 1.02 bits per heavy atom. The number of allylic oxidation sites excluding steroid dienone is 1. The number of halogens is 9. The van der Waals surface area contributed by atoms with Gasteiger partial charge < -0.3 is 35.0 Å². The average Bonchev–Trinajstić information content (AvgIpc) is 3.63. The van der Waals surface area contributed by atoms with E-state index in [1.165, 1.54) is 42.6 Å². The van der Waals surface area contributed by atoms with Gasteiger partial charge in [0.05, 0.1) is 41.8 Å². The van der Waals surface area contributed by atoms with E-state index in [4.69, 9.17) is 35.1 Å². The van der Waals surface area contributed by atoms with E-state index >= 15 is 0 Å². The summed E-state index contributed by atoms with van der Waals surface area (Å²) >= 11 is 0. The van der Waals surface area contributed by atoms with Gasteiger partial charge in [-0.25, -0.2) is 39.9 Å². The van der Waals surface area contributed by atoms with Crippen LogP contribution in [0.3, 0.4) is 0 Å². The van der Waals surface area contributed by atoms with Crippen molar-refractivity contribution in [2.24, 2.45) is 5.73 Å². The summed E-state index contributed by atoms with van der Waals surface area (Å²) in [5.41, 5.74) is 6.79. The fourth-order valence-corrected chi connectivity index (χ4v) is 10.1. The lowest BCUT2D eigenvalue weighted by molar-refractivity contribution is -0.138. The summed E-state index contributed by atoms with van der Waals surface area (Å²) < 4.78 is 174. The van der Waals surface area contributed by atoms with E-state index in [0.717, 1.165) is 35.7 Å². The largest absolute Gasteiger partial charge is 0.520 e.